The fourth-order valence-electron chi connectivity index (χ4n) is 1.55. The van der Waals surface area contributed by atoms with Gasteiger partial charge in [0.2, 0.25) is 0 Å². The van der Waals surface area contributed by atoms with Gasteiger partial charge in [0.15, 0.2) is 0 Å². The molecule has 0 saturated heterocycles. The lowest BCUT2D eigenvalue weighted by atomic mass is 10.1. The third kappa shape index (κ3) is 4.92. The second-order valence-electron chi connectivity index (χ2n) is 4.23. The third-order valence-electron chi connectivity index (χ3n) is 2.81. The van der Waals surface area contributed by atoms with Crippen molar-refractivity contribution >= 4 is 29.5 Å². The van der Waals surface area contributed by atoms with Crippen LogP contribution in [0.4, 0.5) is 0 Å². The molecule has 1 unspecified atom stereocenters. The van der Waals surface area contributed by atoms with Gasteiger partial charge in [0.25, 0.3) is 0 Å². The Balaban J connectivity index is 2.91. The Kier molecular flexibility index (Phi) is 7.25. The Hall–Kier alpha value is -0.640. The van der Waals surface area contributed by atoms with Gasteiger partial charge in [-0.05, 0) is 22.5 Å². The van der Waals surface area contributed by atoms with Crippen LogP contribution in [-0.4, -0.2) is 0 Å². The molecular weight excluding hydrogens is 258 g/mol. The summed E-state index contributed by atoms with van der Waals surface area (Å²) in [6.07, 6.45) is 3.47. The van der Waals surface area contributed by atoms with Crippen molar-refractivity contribution in [1.29, 1.82) is 0 Å². The number of hydrogen-bond acceptors (Lipinski definition) is 3. The molecule has 98 valence electrons. The van der Waals surface area contributed by atoms with Crippen molar-refractivity contribution in [3.63, 3.8) is 0 Å². The number of rotatable bonds is 7. The Bertz CT molecular complexity index is 395. The largest absolute Gasteiger partial charge is 0.262 e. The quantitative estimate of drug-likeness (QED) is 0.690. The summed E-state index contributed by atoms with van der Waals surface area (Å²) in [6.45, 7) is 9.03. The van der Waals surface area contributed by atoms with Gasteiger partial charge in [0, 0.05) is 11.4 Å². The van der Waals surface area contributed by atoms with E-state index in [1.807, 2.05) is 5.41 Å². The number of nitrogens with one attached hydrogen (secondary N) is 1. The summed E-state index contributed by atoms with van der Waals surface area (Å²) in [5.41, 5.74) is 2.49. The van der Waals surface area contributed by atoms with Crippen LogP contribution in [0.5, 0.6) is 0 Å². The zero-order chi connectivity index (χ0) is 13.4. The smallest absolute Gasteiger partial charge is 0.0307 e. The van der Waals surface area contributed by atoms with Crippen molar-refractivity contribution in [2.45, 2.75) is 26.8 Å². The van der Waals surface area contributed by atoms with Crippen LogP contribution in [0.2, 0.25) is 0 Å². The molecule has 0 bridgehead atoms. The van der Waals surface area contributed by atoms with Gasteiger partial charge < -0.3 is 0 Å². The van der Waals surface area contributed by atoms with Crippen LogP contribution >= 0.6 is 24.6 Å². The van der Waals surface area contributed by atoms with Crippen molar-refractivity contribution in [2.75, 3.05) is 0 Å². The lowest BCUT2D eigenvalue weighted by molar-refractivity contribution is 0.701. The van der Waals surface area contributed by atoms with Gasteiger partial charge in [-0.15, -0.1) is 0 Å². The monoisotopic (exact) mass is 279 g/mol. The first-order valence-corrected chi connectivity index (χ1v) is 7.49. The van der Waals surface area contributed by atoms with E-state index in [1.54, 1.807) is 11.8 Å². The normalized spacial score (nSPS) is 13.4. The minimum Gasteiger partial charge on any atom is -0.262 e. The second-order valence-corrected chi connectivity index (χ2v) is 5.56. The topological polar surface area (TPSA) is 12.0 Å². The Labute approximate surface area is 120 Å². The third-order valence-corrected chi connectivity index (χ3v) is 3.76. The Morgan fingerprint density at radius 2 is 2.11 bits per heavy atom. The highest BCUT2D eigenvalue weighted by molar-refractivity contribution is 8.10. The molecule has 1 atom stereocenters. The summed E-state index contributed by atoms with van der Waals surface area (Å²) in [5, 5.41) is 1.89. The van der Waals surface area contributed by atoms with Crippen molar-refractivity contribution in [2.24, 2.45) is 5.92 Å². The zero-order valence-corrected chi connectivity index (χ0v) is 12.7. The van der Waals surface area contributed by atoms with Crippen LogP contribution in [0.15, 0.2) is 42.3 Å². The molecule has 1 N–H and O–H groups in total. The molecule has 0 heterocycles. The highest BCUT2D eigenvalue weighted by Gasteiger charge is 2.03. The van der Waals surface area contributed by atoms with Gasteiger partial charge >= 0.3 is 0 Å². The van der Waals surface area contributed by atoms with Crippen LogP contribution < -0.4 is 4.72 Å². The lowest BCUT2D eigenvalue weighted by Gasteiger charge is -2.09. The molecule has 1 aromatic rings. The fraction of sp³-hybridized carbons (Fsp3) is 0.333. The molecule has 0 aromatic heterocycles. The molecule has 0 fully saturated rings. The van der Waals surface area contributed by atoms with Crippen LogP contribution in [0.3, 0.4) is 0 Å². The minimum atomic E-state index is 0.589. The molecule has 3 heteroatoms. The summed E-state index contributed by atoms with van der Waals surface area (Å²) in [6, 6.07) is 8.58. The minimum absolute atomic E-state index is 0.589. The van der Waals surface area contributed by atoms with E-state index in [0.717, 1.165) is 13.0 Å². The molecule has 0 aliphatic heterocycles. The van der Waals surface area contributed by atoms with Crippen molar-refractivity contribution in [1.82, 2.24) is 4.72 Å². The molecule has 0 amide bonds. The van der Waals surface area contributed by atoms with E-state index in [4.69, 9.17) is 0 Å². The fourth-order valence-corrected chi connectivity index (χ4v) is 2.49. The van der Waals surface area contributed by atoms with E-state index in [0.29, 0.717) is 5.92 Å². The van der Waals surface area contributed by atoms with E-state index >= 15 is 0 Å². The number of hydrogen-bond donors (Lipinski definition) is 2. The molecule has 0 radical (unpaired) electrons. The molecule has 0 saturated carbocycles. The van der Waals surface area contributed by atoms with Gasteiger partial charge in [-0.2, -0.15) is 0 Å². The van der Waals surface area contributed by atoms with Crippen LogP contribution in [0.1, 0.15) is 31.4 Å². The Morgan fingerprint density at radius 1 is 1.44 bits per heavy atom. The van der Waals surface area contributed by atoms with Crippen molar-refractivity contribution in [3.05, 3.63) is 53.5 Å². The van der Waals surface area contributed by atoms with Crippen LogP contribution in [0.25, 0.3) is 4.91 Å². The summed E-state index contributed by atoms with van der Waals surface area (Å²) < 4.78 is 2.86. The summed E-state index contributed by atoms with van der Waals surface area (Å²) in [4.78, 5) is 1.28. The summed E-state index contributed by atoms with van der Waals surface area (Å²) >= 11 is 5.70. The molecule has 0 spiro atoms. The molecule has 0 aliphatic carbocycles. The maximum Gasteiger partial charge on any atom is 0.0307 e. The first-order valence-electron chi connectivity index (χ1n) is 6.16. The SMILES string of the molecule is C=CS/C(=C\C(C)CC)c1ccc(CNS)cc1. The van der Waals surface area contributed by atoms with Gasteiger partial charge in [0.05, 0.1) is 0 Å². The summed E-state index contributed by atoms with van der Waals surface area (Å²) in [5.74, 6) is 0.589. The second kappa shape index (κ2) is 8.46. The Morgan fingerprint density at radius 3 is 2.61 bits per heavy atom. The zero-order valence-electron chi connectivity index (χ0n) is 11.0. The van der Waals surface area contributed by atoms with Crippen LogP contribution in [0, 0.1) is 5.92 Å². The van der Waals surface area contributed by atoms with Crippen molar-refractivity contribution < 1.29 is 0 Å². The standard InChI is InChI=1S/C15H21NS2/c1-4-12(3)10-15(18-5-2)14-8-6-13(7-9-14)11-16-17/h5-10,12,16-17H,2,4,11H2,1,3H3/b15-10-. The van der Waals surface area contributed by atoms with E-state index in [9.17, 15) is 0 Å². The number of thioether (sulfide) groups is 1. The average Bonchev–Trinajstić information content (AvgIpc) is 2.39. The molecule has 0 aliphatic rings. The van der Waals surface area contributed by atoms with Crippen LogP contribution in [-0.2, 0) is 6.54 Å². The van der Waals surface area contributed by atoms with Gasteiger partial charge in [-0.25, -0.2) is 0 Å². The molecule has 1 nitrogen and oxygen atoms in total. The number of thiol groups is 1. The first-order chi connectivity index (χ1) is 8.71. The molecule has 18 heavy (non-hydrogen) atoms. The van der Waals surface area contributed by atoms with E-state index in [1.165, 1.54) is 16.0 Å². The number of allylic oxidation sites excluding steroid dienone is 1. The highest BCUT2D eigenvalue weighted by Crippen LogP contribution is 2.30. The maximum atomic E-state index is 4.01. The highest BCUT2D eigenvalue weighted by atomic mass is 32.2. The van der Waals surface area contributed by atoms with Gasteiger partial charge in [0.1, 0.15) is 0 Å². The molecule has 1 rings (SSSR count). The number of benzene rings is 1. The van der Waals surface area contributed by atoms with Gasteiger partial charge in [-0.1, -0.05) is 81.8 Å². The predicted octanol–water partition coefficient (Wildman–Crippen LogP) is 4.88. The van der Waals surface area contributed by atoms with Gasteiger partial charge in [-0.3, -0.25) is 4.72 Å². The average molecular weight is 279 g/mol. The first kappa shape index (κ1) is 15.4. The molecule has 1 aromatic carbocycles. The summed E-state index contributed by atoms with van der Waals surface area (Å²) in [7, 11) is 0. The maximum absolute atomic E-state index is 4.01. The van der Waals surface area contributed by atoms with Crippen molar-refractivity contribution in [3.8, 4) is 0 Å². The van der Waals surface area contributed by atoms with E-state index in [-0.39, 0.29) is 0 Å². The predicted molar refractivity (Wildman–Crippen MR) is 87.5 cm³/mol. The van der Waals surface area contributed by atoms with E-state index in [2.05, 4.69) is 68.3 Å². The molecular formula is C15H21NS2. The van der Waals surface area contributed by atoms with E-state index < -0.39 is 0 Å². The lowest BCUT2D eigenvalue weighted by Crippen LogP contribution is -1.98.